The van der Waals surface area contributed by atoms with Crippen LogP contribution < -0.4 is 11.1 Å². The smallest absolute Gasteiger partial charge is 0.287 e. The van der Waals surface area contributed by atoms with Crippen LogP contribution in [0.2, 0.25) is 0 Å². The van der Waals surface area contributed by atoms with Crippen LogP contribution in [0.15, 0.2) is 50.4 Å². The molecule has 134 valence electrons. The zero-order valence-corrected chi connectivity index (χ0v) is 16.1. The highest BCUT2D eigenvalue weighted by Crippen LogP contribution is 2.33. The lowest BCUT2D eigenvalue weighted by molar-refractivity contribution is 0.0926. The van der Waals surface area contributed by atoms with Gasteiger partial charge in [0.25, 0.3) is 5.91 Å². The molecule has 0 saturated carbocycles. The van der Waals surface area contributed by atoms with Crippen LogP contribution in [-0.2, 0) is 5.75 Å². The normalized spacial score (nSPS) is 10.6. The summed E-state index contributed by atoms with van der Waals surface area (Å²) < 4.78 is 7.07. The molecule has 0 atom stereocenters. The van der Waals surface area contributed by atoms with Gasteiger partial charge in [0.05, 0.1) is 4.21 Å². The van der Waals surface area contributed by atoms with Crippen molar-refractivity contribution in [1.82, 2.24) is 5.32 Å². The second-order valence-electron chi connectivity index (χ2n) is 5.38. The van der Waals surface area contributed by atoms with Gasteiger partial charge in [0.2, 0.25) is 0 Å². The molecule has 3 rings (SSSR count). The van der Waals surface area contributed by atoms with Crippen molar-refractivity contribution in [1.29, 1.82) is 0 Å². The minimum atomic E-state index is -0.148. The minimum absolute atomic E-state index is 0. The van der Waals surface area contributed by atoms with Crippen LogP contribution in [0.4, 0.5) is 0 Å². The van der Waals surface area contributed by atoms with Crippen molar-refractivity contribution in [2.24, 2.45) is 5.73 Å². The molecule has 0 radical (unpaired) electrons. The Hall–Kier alpha value is -1.47. The van der Waals surface area contributed by atoms with E-state index in [0.717, 1.165) is 29.4 Å². The molecule has 0 spiro atoms. The minimum Gasteiger partial charge on any atom is -0.451 e. The maximum absolute atomic E-state index is 12.5. The first-order valence-electron chi connectivity index (χ1n) is 7.94. The van der Waals surface area contributed by atoms with Gasteiger partial charge < -0.3 is 15.5 Å². The monoisotopic (exact) mass is 396 g/mol. The number of fused-ring (bicyclic) bond motifs is 1. The van der Waals surface area contributed by atoms with E-state index in [4.69, 9.17) is 10.2 Å². The van der Waals surface area contributed by atoms with Crippen molar-refractivity contribution in [3.8, 4) is 0 Å². The molecular weight excluding hydrogens is 376 g/mol. The first-order valence-corrected chi connectivity index (χ1v) is 9.81. The number of amides is 1. The Morgan fingerprint density at radius 3 is 2.80 bits per heavy atom. The van der Waals surface area contributed by atoms with Crippen LogP contribution in [0.1, 0.15) is 29.0 Å². The number of thioether (sulfide) groups is 1. The molecule has 3 N–H and O–H groups in total. The van der Waals surface area contributed by atoms with Crippen molar-refractivity contribution in [2.75, 3.05) is 13.1 Å². The van der Waals surface area contributed by atoms with Crippen LogP contribution in [0.5, 0.6) is 0 Å². The van der Waals surface area contributed by atoms with Gasteiger partial charge in [-0.1, -0.05) is 24.3 Å². The highest BCUT2D eigenvalue weighted by Gasteiger charge is 2.20. The average molecular weight is 397 g/mol. The number of nitrogens with one attached hydrogen (secondary N) is 1. The summed E-state index contributed by atoms with van der Waals surface area (Å²) in [4.78, 5) is 12.5. The van der Waals surface area contributed by atoms with Crippen molar-refractivity contribution < 1.29 is 9.21 Å². The summed E-state index contributed by atoms with van der Waals surface area (Å²) in [5.74, 6) is 0.987. The molecule has 1 aromatic carbocycles. The maximum Gasteiger partial charge on any atom is 0.287 e. The predicted octanol–water partition coefficient (Wildman–Crippen LogP) is 4.68. The van der Waals surface area contributed by atoms with Crippen LogP contribution in [0, 0.1) is 0 Å². The number of hydrogen-bond acceptors (Lipinski definition) is 5. The van der Waals surface area contributed by atoms with Gasteiger partial charge in [-0.05, 0) is 36.9 Å². The summed E-state index contributed by atoms with van der Waals surface area (Å²) in [6, 6.07) is 11.9. The molecule has 0 saturated heterocycles. The average Bonchev–Trinajstić information content (AvgIpc) is 3.24. The molecule has 0 aliphatic rings. The summed E-state index contributed by atoms with van der Waals surface area (Å²) in [6.07, 6.45) is 1.78. The zero-order chi connectivity index (χ0) is 16.8. The van der Waals surface area contributed by atoms with E-state index < -0.39 is 0 Å². The van der Waals surface area contributed by atoms with E-state index in [-0.39, 0.29) is 18.3 Å². The van der Waals surface area contributed by atoms with E-state index in [1.54, 1.807) is 23.1 Å². The molecule has 25 heavy (non-hydrogen) atoms. The zero-order valence-electron chi connectivity index (χ0n) is 13.7. The Morgan fingerprint density at radius 1 is 1.20 bits per heavy atom. The van der Waals surface area contributed by atoms with Gasteiger partial charge in [0.15, 0.2) is 5.76 Å². The number of carbonyl (C=O) groups excluding carboxylic acids is 1. The third kappa shape index (κ3) is 5.01. The number of carbonyl (C=O) groups is 1. The second kappa shape index (κ2) is 9.87. The molecule has 2 aromatic heterocycles. The molecule has 0 aliphatic heterocycles. The Labute approximate surface area is 161 Å². The molecule has 4 nitrogen and oxygen atoms in total. The van der Waals surface area contributed by atoms with Crippen molar-refractivity contribution in [3.05, 3.63) is 53.1 Å². The first-order chi connectivity index (χ1) is 11.8. The third-order valence-corrected chi connectivity index (χ3v) is 5.83. The predicted molar refractivity (Wildman–Crippen MR) is 108 cm³/mol. The number of unbranched alkanes of at least 4 members (excludes halogenated alkanes) is 1. The van der Waals surface area contributed by atoms with E-state index in [1.807, 2.05) is 30.3 Å². The first kappa shape index (κ1) is 19.8. The summed E-state index contributed by atoms with van der Waals surface area (Å²) in [5.41, 5.74) is 7.20. The molecule has 2 heterocycles. The Bertz CT molecular complexity index is 803. The van der Waals surface area contributed by atoms with Crippen LogP contribution in [0.25, 0.3) is 11.0 Å². The van der Waals surface area contributed by atoms with Crippen LogP contribution >= 0.6 is 35.5 Å². The fourth-order valence-electron chi connectivity index (χ4n) is 2.47. The highest BCUT2D eigenvalue weighted by molar-refractivity contribution is 8.00. The molecule has 1 amide bonds. The summed E-state index contributed by atoms with van der Waals surface area (Å²) in [7, 11) is 0. The fourth-order valence-corrected chi connectivity index (χ4v) is 4.28. The van der Waals surface area contributed by atoms with Gasteiger partial charge in [-0.25, -0.2) is 0 Å². The maximum atomic E-state index is 12.5. The quantitative estimate of drug-likeness (QED) is 0.428. The van der Waals surface area contributed by atoms with E-state index in [0.29, 0.717) is 24.6 Å². The Balaban J connectivity index is 0.00000225. The number of nitrogens with two attached hydrogens (primary N) is 1. The van der Waals surface area contributed by atoms with E-state index in [1.165, 1.54) is 4.21 Å². The lowest BCUT2D eigenvalue weighted by Crippen LogP contribution is -2.25. The fraction of sp³-hybridized carbons (Fsp3) is 0.278. The van der Waals surface area contributed by atoms with E-state index in [2.05, 4.69) is 16.8 Å². The largest absolute Gasteiger partial charge is 0.451 e. The Kier molecular flexibility index (Phi) is 7.84. The summed E-state index contributed by atoms with van der Waals surface area (Å²) in [5, 5.41) is 6.00. The molecule has 0 bridgehead atoms. The van der Waals surface area contributed by atoms with Gasteiger partial charge in [-0.3, -0.25) is 4.79 Å². The van der Waals surface area contributed by atoms with Crippen LogP contribution in [0.3, 0.4) is 0 Å². The SMILES string of the molecule is Cl.NCCCCNC(=O)c1oc2ccccc2c1CSc1cccs1. The van der Waals surface area contributed by atoms with E-state index >= 15 is 0 Å². The van der Waals surface area contributed by atoms with Gasteiger partial charge in [0, 0.05) is 23.2 Å². The molecule has 0 unspecified atom stereocenters. The van der Waals surface area contributed by atoms with Gasteiger partial charge >= 0.3 is 0 Å². The molecule has 3 aromatic rings. The lowest BCUT2D eigenvalue weighted by atomic mass is 10.1. The Morgan fingerprint density at radius 2 is 2.04 bits per heavy atom. The standard InChI is InChI=1S/C18H20N2O2S2.ClH/c19-9-3-4-10-20-18(21)17-14(12-24-16-8-5-11-23-16)13-6-1-2-7-15(13)22-17;/h1-2,5-8,11H,3-4,9-10,12,19H2,(H,20,21);1H. The topological polar surface area (TPSA) is 68.3 Å². The summed E-state index contributed by atoms with van der Waals surface area (Å²) >= 11 is 3.43. The molecule has 0 aliphatic carbocycles. The number of rotatable bonds is 8. The second-order valence-corrected chi connectivity index (χ2v) is 7.60. The number of para-hydroxylation sites is 1. The van der Waals surface area contributed by atoms with Crippen LogP contribution in [-0.4, -0.2) is 19.0 Å². The third-order valence-electron chi connectivity index (χ3n) is 3.67. The molecule has 7 heteroatoms. The lowest BCUT2D eigenvalue weighted by Gasteiger charge is -2.05. The van der Waals surface area contributed by atoms with Crippen molar-refractivity contribution >= 4 is 52.4 Å². The van der Waals surface area contributed by atoms with Gasteiger partial charge in [0.1, 0.15) is 5.58 Å². The van der Waals surface area contributed by atoms with E-state index in [9.17, 15) is 4.79 Å². The van der Waals surface area contributed by atoms with Crippen molar-refractivity contribution in [3.63, 3.8) is 0 Å². The summed E-state index contributed by atoms with van der Waals surface area (Å²) in [6.45, 7) is 1.26. The molecular formula is C18H21ClN2O2S2. The number of benzene rings is 1. The van der Waals surface area contributed by atoms with Gasteiger partial charge in [-0.15, -0.1) is 35.5 Å². The number of furan rings is 1. The number of hydrogen-bond donors (Lipinski definition) is 2. The highest BCUT2D eigenvalue weighted by atomic mass is 35.5. The number of halogens is 1. The van der Waals surface area contributed by atoms with Gasteiger partial charge in [-0.2, -0.15) is 0 Å². The molecule has 0 fully saturated rings. The number of thiophene rings is 1. The van der Waals surface area contributed by atoms with Crippen molar-refractivity contribution in [2.45, 2.75) is 22.8 Å².